The molecule has 0 saturated heterocycles. The lowest BCUT2D eigenvalue weighted by molar-refractivity contribution is 0.310. The Balaban J connectivity index is 1.18. The Bertz CT molecular complexity index is 1050. The first-order valence-electron chi connectivity index (χ1n) is 12.9. The van der Waals surface area contributed by atoms with Crippen molar-refractivity contribution in [3.8, 4) is 0 Å². The summed E-state index contributed by atoms with van der Waals surface area (Å²) in [4.78, 5) is 0. The zero-order valence-corrected chi connectivity index (χ0v) is 20.6. The van der Waals surface area contributed by atoms with Crippen molar-refractivity contribution in [3.63, 3.8) is 0 Å². The van der Waals surface area contributed by atoms with Gasteiger partial charge in [0.05, 0.1) is 0 Å². The maximum Gasteiger partial charge on any atom is 0.0179 e. The number of fused-ring (bicyclic) bond motifs is 4. The van der Waals surface area contributed by atoms with Gasteiger partial charge in [0.1, 0.15) is 0 Å². The first kappa shape index (κ1) is 20.9. The molecule has 2 spiro atoms. The molecule has 0 heterocycles. The van der Waals surface area contributed by atoms with Gasteiger partial charge in [-0.2, -0.15) is 0 Å². The Morgan fingerprint density at radius 2 is 1.44 bits per heavy atom. The summed E-state index contributed by atoms with van der Waals surface area (Å²) in [5, 5.41) is 8.06. The minimum Gasteiger partial charge on any atom is -0.308 e. The van der Waals surface area contributed by atoms with Gasteiger partial charge in [0.2, 0.25) is 0 Å². The summed E-state index contributed by atoms with van der Waals surface area (Å²) in [7, 11) is 0. The van der Waals surface area contributed by atoms with Crippen LogP contribution < -0.4 is 10.6 Å². The Morgan fingerprint density at radius 3 is 2.22 bits per heavy atom. The van der Waals surface area contributed by atoms with Crippen molar-refractivity contribution in [1.29, 1.82) is 0 Å². The summed E-state index contributed by atoms with van der Waals surface area (Å²) in [6.45, 7) is 11.8. The lowest BCUT2D eigenvalue weighted by atomic mass is 9.85. The topological polar surface area (TPSA) is 24.1 Å². The Kier molecular flexibility index (Phi) is 4.38. The van der Waals surface area contributed by atoms with E-state index in [0.717, 1.165) is 0 Å². The van der Waals surface area contributed by atoms with Gasteiger partial charge in [0, 0.05) is 34.0 Å². The lowest BCUT2D eigenvalue weighted by Gasteiger charge is -2.31. The van der Waals surface area contributed by atoms with Crippen LogP contribution in [0.3, 0.4) is 0 Å². The van der Waals surface area contributed by atoms with Gasteiger partial charge >= 0.3 is 0 Å². The van der Waals surface area contributed by atoms with E-state index in [0.29, 0.717) is 28.8 Å². The lowest BCUT2D eigenvalue weighted by Crippen LogP contribution is -2.44. The predicted molar refractivity (Wildman–Crippen MR) is 133 cm³/mol. The van der Waals surface area contributed by atoms with Gasteiger partial charge in [0.25, 0.3) is 0 Å². The summed E-state index contributed by atoms with van der Waals surface area (Å²) in [5.41, 5.74) is 7.60. The first-order valence-corrected chi connectivity index (χ1v) is 12.9. The third-order valence-electron chi connectivity index (χ3n) is 9.02. The highest BCUT2D eigenvalue weighted by atomic mass is 15.1. The van der Waals surface area contributed by atoms with Crippen LogP contribution in [0, 0.1) is 0 Å². The van der Waals surface area contributed by atoms with E-state index in [2.05, 4.69) is 93.8 Å². The van der Waals surface area contributed by atoms with E-state index in [1.165, 1.54) is 38.5 Å². The van der Waals surface area contributed by atoms with Gasteiger partial charge in [-0.3, -0.25) is 0 Å². The SMILES string of the molecule is CC(C)(C)N[C@@H]1CC12CC(CC(C)(C)NC1CC13CCc1ccccc13)c1ccccc12. The summed E-state index contributed by atoms with van der Waals surface area (Å²) in [6, 6.07) is 19.8. The molecule has 0 aliphatic heterocycles. The maximum atomic E-state index is 4.14. The molecule has 2 saturated carbocycles. The minimum absolute atomic E-state index is 0.150. The summed E-state index contributed by atoms with van der Waals surface area (Å²) < 4.78 is 0. The zero-order valence-electron chi connectivity index (χ0n) is 20.6. The van der Waals surface area contributed by atoms with Crippen LogP contribution in [-0.4, -0.2) is 23.2 Å². The van der Waals surface area contributed by atoms with Crippen LogP contribution in [0.5, 0.6) is 0 Å². The Labute approximate surface area is 194 Å². The minimum atomic E-state index is 0.150. The molecule has 32 heavy (non-hydrogen) atoms. The molecule has 0 amide bonds. The molecule has 4 aliphatic rings. The molecule has 4 aliphatic carbocycles. The van der Waals surface area contributed by atoms with Gasteiger partial charge in [-0.15, -0.1) is 0 Å². The van der Waals surface area contributed by atoms with Crippen molar-refractivity contribution < 1.29 is 0 Å². The number of aryl methyl sites for hydroxylation is 1. The third kappa shape index (κ3) is 3.29. The predicted octanol–water partition coefficient (Wildman–Crippen LogP) is 5.99. The van der Waals surface area contributed by atoms with Gasteiger partial charge in [-0.1, -0.05) is 48.5 Å². The van der Waals surface area contributed by atoms with Gasteiger partial charge in [-0.05, 0) is 101 Å². The Morgan fingerprint density at radius 1 is 0.781 bits per heavy atom. The van der Waals surface area contributed by atoms with Crippen LogP contribution in [0.15, 0.2) is 48.5 Å². The third-order valence-corrected chi connectivity index (χ3v) is 9.02. The maximum absolute atomic E-state index is 4.14. The summed E-state index contributed by atoms with van der Waals surface area (Å²) >= 11 is 0. The molecule has 2 nitrogen and oxygen atoms in total. The second kappa shape index (κ2) is 6.70. The van der Waals surface area contributed by atoms with Gasteiger partial charge in [-0.25, -0.2) is 0 Å². The molecular weight excluding hydrogens is 388 g/mol. The van der Waals surface area contributed by atoms with Crippen LogP contribution in [0.1, 0.15) is 94.9 Å². The van der Waals surface area contributed by atoms with Crippen molar-refractivity contribution in [1.82, 2.24) is 10.6 Å². The number of benzene rings is 2. The highest BCUT2D eigenvalue weighted by Crippen LogP contribution is 2.62. The van der Waals surface area contributed by atoms with Crippen LogP contribution in [0.2, 0.25) is 0 Å². The number of rotatable bonds is 5. The average Bonchev–Trinajstić information content (AvgIpc) is 3.49. The highest BCUT2D eigenvalue weighted by molar-refractivity contribution is 5.50. The van der Waals surface area contributed by atoms with E-state index < -0.39 is 0 Å². The van der Waals surface area contributed by atoms with Crippen LogP contribution in [-0.2, 0) is 17.3 Å². The molecule has 2 heteroatoms. The van der Waals surface area contributed by atoms with Crippen molar-refractivity contribution in [2.45, 2.75) is 113 Å². The molecule has 2 aromatic carbocycles. The normalized spacial score (nSPS) is 34.7. The van der Waals surface area contributed by atoms with E-state index in [9.17, 15) is 0 Å². The van der Waals surface area contributed by atoms with Crippen molar-refractivity contribution in [3.05, 3.63) is 70.8 Å². The fourth-order valence-electron chi connectivity index (χ4n) is 7.62. The van der Waals surface area contributed by atoms with E-state index >= 15 is 0 Å². The molecule has 2 aromatic rings. The molecule has 6 rings (SSSR count). The van der Waals surface area contributed by atoms with Crippen LogP contribution >= 0.6 is 0 Å². The number of nitrogens with one attached hydrogen (secondary N) is 2. The monoisotopic (exact) mass is 428 g/mol. The second-order valence-electron chi connectivity index (χ2n) is 13.1. The molecular formula is C30H40N2. The molecule has 0 bridgehead atoms. The van der Waals surface area contributed by atoms with Crippen LogP contribution in [0.25, 0.3) is 0 Å². The fraction of sp³-hybridized carbons (Fsp3) is 0.600. The largest absolute Gasteiger partial charge is 0.308 e. The number of hydrogen-bond donors (Lipinski definition) is 2. The number of hydrogen-bond acceptors (Lipinski definition) is 2. The average molecular weight is 429 g/mol. The zero-order chi connectivity index (χ0) is 22.4. The van der Waals surface area contributed by atoms with Crippen LogP contribution in [0.4, 0.5) is 0 Å². The van der Waals surface area contributed by atoms with Crippen molar-refractivity contribution >= 4 is 0 Å². The van der Waals surface area contributed by atoms with Gasteiger partial charge in [0.15, 0.2) is 0 Å². The molecule has 0 radical (unpaired) electrons. The van der Waals surface area contributed by atoms with E-state index in [-0.39, 0.29) is 11.1 Å². The smallest absolute Gasteiger partial charge is 0.0179 e. The van der Waals surface area contributed by atoms with E-state index in [1.54, 1.807) is 22.3 Å². The second-order valence-corrected chi connectivity index (χ2v) is 13.1. The Hall–Kier alpha value is -1.64. The van der Waals surface area contributed by atoms with E-state index in [4.69, 9.17) is 0 Å². The fourth-order valence-corrected chi connectivity index (χ4v) is 7.62. The molecule has 0 aromatic heterocycles. The quantitative estimate of drug-likeness (QED) is 0.611. The van der Waals surface area contributed by atoms with E-state index in [1.807, 2.05) is 0 Å². The standard InChI is InChI=1S/C30H40N2/c1-27(2,3)31-26-19-30(26)17-21(22-11-7-9-13-24(22)30)16-28(4,5)32-25-18-29(25)15-14-20-10-6-8-12-23(20)29/h6-13,21,25-26,31-32H,14-19H2,1-5H3/t21?,25?,26-,29?,30?/m1/s1. The molecule has 4 unspecified atom stereocenters. The molecule has 5 atom stereocenters. The molecule has 2 fully saturated rings. The van der Waals surface area contributed by atoms with Crippen molar-refractivity contribution in [2.75, 3.05) is 0 Å². The first-order chi connectivity index (χ1) is 15.1. The highest BCUT2D eigenvalue weighted by Gasteiger charge is 2.62. The molecule has 2 N–H and O–H groups in total. The summed E-state index contributed by atoms with van der Waals surface area (Å²) in [5.74, 6) is 0.658. The molecule has 170 valence electrons. The summed E-state index contributed by atoms with van der Waals surface area (Å²) in [6.07, 6.45) is 7.74. The van der Waals surface area contributed by atoms with Crippen molar-refractivity contribution in [2.24, 2.45) is 0 Å². The van der Waals surface area contributed by atoms with Gasteiger partial charge < -0.3 is 10.6 Å².